The van der Waals surface area contributed by atoms with E-state index in [2.05, 4.69) is 20.8 Å². The molecule has 0 unspecified atom stereocenters. The van der Waals surface area contributed by atoms with Gasteiger partial charge in [-0.2, -0.15) is 0 Å². The van der Waals surface area contributed by atoms with Crippen LogP contribution in [0.2, 0.25) is 15.8 Å². The van der Waals surface area contributed by atoms with E-state index in [0.717, 1.165) is 0 Å². The first-order chi connectivity index (χ1) is 3.35. The molecular formula is C6H15Al. The van der Waals surface area contributed by atoms with Gasteiger partial charge in [-0.15, -0.1) is 0 Å². The number of hydrogen-bond acceptors (Lipinski definition) is 0. The first-order valence-electron chi connectivity index (χ1n) is 3.35. The van der Waals surface area contributed by atoms with Crippen molar-refractivity contribution in [3.63, 3.8) is 0 Å². The zero-order chi connectivity index (χ0) is 5.70. The van der Waals surface area contributed by atoms with Gasteiger partial charge in [0, 0.05) is 0 Å². The van der Waals surface area contributed by atoms with Gasteiger partial charge in [-0.25, -0.2) is 0 Å². The zero-order valence-electron chi connectivity index (χ0n) is 5.70. The van der Waals surface area contributed by atoms with Crippen LogP contribution >= 0.6 is 0 Å². The molecule has 0 aromatic carbocycles. The molecule has 0 radical (unpaired) electrons. The van der Waals surface area contributed by atoms with Gasteiger partial charge < -0.3 is 0 Å². The minimum atomic E-state index is -0.171. The van der Waals surface area contributed by atoms with Gasteiger partial charge in [0.25, 0.3) is 14.1 Å². The molecule has 0 nitrogen and oxygen atoms in total. The SMILES string of the molecule is C[CH2][20Al]([CH2]C)[CH2]C. The Labute approximate surface area is 51.3 Å². The minimum absolute atomic E-state index is 0.171. The molecule has 0 fully saturated rings. The third kappa shape index (κ3) is 3.14. The summed E-state index contributed by atoms with van der Waals surface area (Å²) in [4.78, 5) is 0. The van der Waals surface area contributed by atoms with Crippen LogP contribution in [0.25, 0.3) is 0 Å². The summed E-state index contributed by atoms with van der Waals surface area (Å²) in [5.41, 5.74) is 0. The number of rotatable bonds is 3. The highest BCUT2D eigenvalue weighted by Gasteiger charge is 2.05. The van der Waals surface area contributed by atoms with Crippen LogP contribution in [-0.4, -0.2) is 14.1 Å². The average Bonchev–Trinajstić information content (AvgIpc) is 1.72. The Morgan fingerprint density at radius 3 is 1.14 bits per heavy atom. The van der Waals surface area contributed by atoms with Gasteiger partial charge in [-0.05, 0) is 0 Å². The Hall–Kier alpha value is 0.532. The molecule has 1 heteroatoms. The first-order valence-corrected chi connectivity index (χ1v) is 5.80. The highest BCUT2D eigenvalue weighted by atomic mass is 20.4. The number of hydrogen-bond donors (Lipinski definition) is 0. The second-order valence-corrected chi connectivity index (χ2v) is 6.27. The summed E-state index contributed by atoms with van der Waals surface area (Å²) in [6.07, 6.45) is 0. The van der Waals surface area contributed by atoms with Crippen LogP contribution in [0.5, 0.6) is 0 Å². The molecule has 0 saturated carbocycles. The van der Waals surface area contributed by atoms with Crippen LogP contribution in [0, 0.1) is 0 Å². The second-order valence-electron chi connectivity index (χ2n) is 2.09. The van der Waals surface area contributed by atoms with Gasteiger partial charge in [0.2, 0.25) is 0 Å². The summed E-state index contributed by atoms with van der Waals surface area (Å²) in [7, 11) is 0. The predicted octanol–water partition coefficient (Wildman–Crippen LogP) is 2.54. The molecule has 0 bridgehead atoms. The van der Waals surface area contributed by atoms with E-state index in [0.29, 0.717) is 0 Å². The summed E-state index contributed by atoms with van der Waals surface area (Å²) < 4.78 is 0. The summed E-state index contributed by atoms with van der Waals surface area (Å²) in [5, 5.41) is 4.48. The van der Waals surface area contributed by atoms with Crippen LogP contribution in [-0.2, 0) is 0 Å². The third-order valence-electron chi connectivity index (χ3n) is 1.73. The molecule has 0 rings (SSSR count). The van der Waals surface area contributed by atoms with Crippen molar-refractivity contribution < 1.29 is 0 Å². The van der Waals surface area contributed by atoms with Crippen molar-refractivity contribution >= 4 is 14.1 Å². The fraction of sp³-hybridized carbons (Fsp3) is 1.00. The molecular weight excluding hydrogens is 92.1 g/mol. The van der Waals surface area contributed by atoms with E-state index in [1.165, 1.54) is 15.8 Å². The summed E-state index contributed by atoms with van der Waals surface area (Å²) in [6.45, 7) is 6.97. The minimum Gasteiger partial charge on any atom is -0.0967 e. The van der Waals surface area contributed by atoms with E-state index in [1.54, 1.807) is 0 Å². The van der Waals surface area contributed by atoms with Gasteiger partial charge in [0.1, 0.15) is 0 Å². The van der Waals surface area contributed by atoms with Crippen molar-refractivity contribution in [1.82, 2.24) is 0 Å². The molecule has 42 valence electrons. The molecule has 0 aliphatic heterocycles. The largest absolute Gasteiger partial charge is 0.261 e. The van der Waals surface area contributed by atoms with Crippen LogP contribution in [0.1, 0.15) is 20.8 Å². The Balaban J connectivity index is 2.99. The van der Waals surface area contributed by atoms with Gasteiger partial charge >= 0.3 is 0 Å². The summed E-state index contributed by atoms with van der Waals surface area (Å²) >= 11 is -0.171. The zero-order valence-corrected chi connectivity index (χ0v) is 6.85. The van der Waals surface area contributed by atoms with E-state index in [-0.39, 0.29) is 14.1 Å². The third-order valence-corrected chi connectivity index (χ3v) is 5.20. The first kappa shape index (κ1) is 7.53. The Morgan fingerprint density at radius 2 is 1.14 bits per heavy atom. The fourth-order valence-corrected chi connectivity index (χ4v) is 2.60. The molecule has 0 spiro atoms. The highest BCUT2D eigenvalue weighted by molar-refractivity contribution is 6.58. The Bertz CT molecular complexity index is 25.7. The van der Waals surface area contributed by atoms with Crippen LogP contribution < -0.4 is 0 Å². The molecule has 0 atom stereocenters. The van der Waals surface area contributed by atoms with E-state index in [4.69, 9.17) is 0 Å². The Morgan fingerprint density at radius 1 is 0.857 bits per heavy atom. The lowest BCUT2D eigenvalue weighted by Crippen LogP contribution is -2.04. The maximum atomic E-state index is 2.32. The molecule has 0 amide bonds. The van der Waals surface area contributed by atoms with Crippen molar-refractivity contribution in [3.8, 4) is 0 Å². The van der Waals surface area contributed by atoms with Crippen molar-refractivity contribution in [2.24, 2.45) is 0 Å². The molecule has 0 aromatic heterocycles. The average molecular weight is 107 g/mol. The second kappa shape index (κ2) is 4.69. The summed E-state index contributed by atoms with van der Waals surface area (Å²) in [6, 6.07) is 0. The van der Waals surface area contributed by atoms with E-state index in [9.17, 15) is 0 Å². The smallest absolute Gasteiger partial charge is 0.0967 e. The summed E-state index contributed by atoms with van der Waals surface area (Å²) in [5.74, 6) is 0. The van der Waals surface area contributed by atoms with Crippen LogP contribution in [0.4, 0.5) is 0 Å². The molecule has 0 aliphatic rings. The van der Waals surface area contributed by atoms with Crippen molar-refractivity contribution in [3.05, 3.63) is 0 Å². The lowest BCUT2D eigenvalue weighted by Gasteiger charge is -1.97. The maximum absolute atomic E-state index is 2.32. The lowest BCUT2D eigenvalue weighted by atomic mass is 10.8. The van der Waals surface area contributed by atoms with E-state index < -0.39 is 0 Å². The molecule has 0 N–H and O–H groups in total. The van der Waals surface area contributed by atoms with Crippen molar-refractivity contribution in [1.29, 1.82) is 0 Å². The van der Waals surface area contributed by atoms with Gasteiger partial charge in [0.05, 0.1) is 0 Å². The monoisotopic (exact) mass is 107 g/mol. The quantitative estimate of drug-likeness (QED) is 0.486. The highest BCUT2D eigenvalue weighted by Crippen LogP contribution is 2.01. The predicted molar refractivity (Wildman–Crippen MR) is 37.2 cm³/mol. The van der Waals surface area contributed by atoms with E-state index in [1.807, 2.05) is 0 Å². The molecule has 0 aliphatic carbocycles. The Kier molecular flexibility index (Phi) is 5.04. The van der Waals surface area contributed by atoms with Gasteiger partial charge in [-0.1, -0.05) is 36.6 Å². The molecule has 0 saturated heterocycles. The molecule has 7 heavy (non-hydrogen) atoms. The fourth-order valence-electron chi connectivity index (χ4n) is 0.866. The standard InChI is InChI=1S/3C2H5.Al/c3*1-2;/h3*1H2,2H3;/i;;;1-7. The van der Waals surface area contributed by atoms with Crippen LogP contribution in [0.3, 0.4) is 0 Å². The maximum Gasteiger partial charge on any atom is 0.261 e. The van der Waals surface area contributed by atoms with Crippen LogP contribution in [0.15, 0.2) is 0 Å². The van der Waals surface area contributed by atoms with Gasteiger partial charge in [0.15, 0.2) is 0 Å². The molecule has 0 heterocycles. The van der Waals surface area contributed by atoms with Crippen molar-refractivity contribution in [2.75, 3.05) is 0 Å². The topological polar surface area (TPSA) is 0 Å². The van der Waals surface area contributed by atoms with E-state index >= 15 is 0 Å². The normalized spacial score (nSPS) is 9.00. The van der Waals surface area contributed by atoms with Crippen molar-refractivity contribution in [2.45, 2.75) is 36.6 Å². The lowest BCUT2D eigenvalue weighted by molar-refractivity contribution is 1.24. The van der Waals surface area contributed by atoms with Gasteiger partial charge in [-0.3, -0.25) is 0 Å². The molecule has 0 aromatic rings.